The maximum atomic E-state index is 13.7. The Morgan fingerprint density at radius 2 is 1.93 bits per heavy atom. The van der Waals surface area contributed by atoms with Crippen molar-refractivity contribution in [1.29, 1.82) is 0 Å². The van der Waals surface area contributed by atoms with E-state index in [2.05, 4.69) is 24.3 Å². The molecule has 0 saturated carbocycles. The van der Waals surface area contributed by atoms with Crippen LogP contribution in [-0.2, 0) is 19.3 Å². The number of amides is 3. The molecule has 0 radical (unpaired) electrons. The van der Waals surface area contributed by atoms with Gasteiger partial charge in [-0.3, -0.25) is 14.4 Å². The summed E-state index contributed by atoms with van der Waals surface area (Å²) in [5.74, 6) is -0.407. The third kappa shape index (κ3) is 3.09. The SMILES string of the molecule is CC(=O)NC1=NN(C(C)=O)C2(S1)C(=O)N(CCC(C)C)c1c2ccc(C)c1C. The lowest BCUT2D eigenvalue weighted by Crippen LogP contribution is -2.48. The summed E-state index contributed by atoms with van der Waals surface area (Å²) in [6, 6.07) is 3.87. The second-order valence-electron chi connectivity index (χ2n) is 7.71. The van der Waals surface area contributed by atoms with E-state index in [9.17, 15) is 14.4 Å². The number of rotatable bonds is 3. The number of hydrazone groups is 1. The number of carbonyl (C=O) groups is 3. The summed E-state index contributed by atoms with van der Waals surface area (Å²) in [6.45, 7) is 11.6. The van der Waals surface area contributed by atoms with Crippen LogP contribution in [0.1, 0.15) is 50.8 Å². The number of hydrogen-bond donors (Lipinski definition) is 1. The first-order valence-corrected chi connectivity index (χ1v) is 10.2. The number of anilines is 1. The Morgan fingerprint density at radius 3 is 2.50 bits per heavy atom. The molecule has 8 heteroatoms. The van der Waals surface area contributed by atoms with Gasteiger partial charge in [0.25, 0.3) is 5.91 Å². The van der Waals surface area contributed by atoms with Crippen LogP contribution in [0.15, 0.2) is 17.2 Å². The van der Waals surface area contributed by atoms with Gasteiger partial charge >= 0.3 is 0 Å². The highest BCUT2D eigenvalue weighted by Crippen LogP contribution is 2.55. The van der Waals surface area contributed by atoms with Gasteiger partial charge in [0, 0.05) is 26.0 Å². The van der Waals surface area contributed by atoms with Crippen LogP contribution in [0, 0.1) is 19.8 Å². The van der Waals surface area contributed by atoms with Crippen LogP contribution in [-0.4, -0.2) is 34.4 Å². The Hall–Kier alpha value is -2.35. The zero-order valence-corrected chi connectivity index (χ0v) is 17.9. The first-order valence-electron chi connectivity index (χ1n) is 9.38. The van der Waals surface area contributed by atoms with Gasteiger partial charge in [-0.05, 0) is 49.1 Å². The van der Waals surface area contributed by atoms with Crippen LogP contribution in [0.4, 0.5) is 5.69 Å². The molecule has 1 aromatic rings. The average Bonchev–Trinajstić information content (AvgIpc) is 3.07. The van der Waals surface area contributed by atoms with Crippen LogP contribution in [0.5, 0.6) is 0 Å². The molecule has 0 bridgehead atoms. The van der Waals surface area contributed by atoms with Crippen LogP contribution < -0.4 is 10.2 Å². The van der Waals surface area contributed by atoms with Crippen molar-refractivity contribution in [2.45, 2.75) is 52.8 Å². The lowest BCUT2D eigenvalue weighted by atomic mass is 10.00. The van der Waals surface area contributed by atoms with E-state index < -0.39 is 4.87 Å². The highest BCUT2D eigenvalue weighted by atomic mass is 32.2. The molecule has 3 amide bonds. The lowest BCUT2D eigenvalue weighted by Gasteiger charge is -2.29. The van der Waals surface area contributed by atoms with Crippen LogP contribution in [0.3, 0.4) is 0 Å². The van der Waals surface area contributed by atoms with Gasteiger partial charge < -0.3 is 10.2 Å². The third-order valence-electron chi connectivity index (χ3n) is 5.12. The molecule has 1 aromatic carbocycles. The summed E-state index contributed by atoms with van der Waals surface area (Å²) >= 11 is 1.12. The fraction of sp³-hybridized carbons (Fsp3) is 0.500. The quantitative estimate of drug-likeness (QED) is 0.843. The summed E-state index contributed by atoms with van der Waals surface area (Å²) in [4.78, 5) is 38.2. The van der Waals surface area contributed by atoms with Gasteiger partial charge in [0.1, 0.15) is 0 Å². The predicted molar refractivity (Wildman–Crippen MR) is 111 cm³/mol. The number of carbonyl (C=O) groups excluding carboxylic acids is 3. The number of nitrogens with zero attached hydrogens (tertiary/aromatic N) is 3. The van der Waals surface area contributed by atoms with Crippen molar-refractivity contribution >= 4 is 40.3 Å². The van der Waals surface area contributed by atoms with Crippen molar-refractivity contribution in [2.24, 2.45) is 11.0 Å². The van der Waals surface area contributed by atoms with E-state index in [4.69, 9.17) is 0 Å². The van der Waals surface area contributed by atoms with Gasteiger partial charge in [0.15, 0.2) is 5.17 Å². The van der Waals surface area contributed by atoms with E-state index in [1.165, 1.54) is 18.9 Å². The van der Waals surface area contributed by atoms with Crippen LogP contribution in [0.2, 0.25) is 0 Å². The molecule has 3 rings (SSSR count). The Balaban J connectivity index is 2.16. The lowest BCUT2D eigenvalue weighted by molar-refractivity contribution is -0.139. The summed E-state index contributed by atoms with van der Waals surface area (Å²) in [5.41, 5.74) is 3.69. The summed E-state index contributed by atoms with van der Waals surface area (Å²) < 4.78 is 0. The van der Waals surface area contributed by atoms with Crippen molar-refractivity contribution in [2.75, 3.05) is 11.4 Å². The minimum absolute atomic E-state index is 0.193. The molecule has 7 nitrogen and oxygen atoms in total. The van der Waals surface area contributed by atoms with E-state index in [0.29, 0.717) is 12.5 Å². The average molecular weight is 403 g/mol. The molecule has 150 valence electrons. The molecule has 1 unspecified atom stereocenters. The van der Waals surface area contributed by atoms with Crippen molar-refractivity contribution in [3.05, 3.63) is 28.8 Å². The van der Waals surface area contributed by atoms with Crippen molar-refractivity contribution in [3.8, 4) is 0 Å². The van der Waals surface area contributed by atoms with Gasteiger partial charge in [0.2, 0.25) is 16.7 Å². The van der Waals surface area contributed by atoms with Crippen LogP contribution in [0.25, 0.3) is 0 Å². The number of nitrogens with one attached hydrogen (secondary N) is 1. The van der Waals surface area contributed by atoms with Gasteiger partial charge in [-0.15, -0.1) is 5.10 Å². The van der Waals surface area contributed by atoms with E-state index in [1.54, 1.807) is 4.90 Å². The zero-order chi connectivity index (χ0) is 20.8. The molecular weight excluding hydrogens is 376 g/mol. The molecule has 1 N–H and O–H groups in total. The maximum Gasteiger partial charge on any atom is 0.270 e. The number of fused-ring (bicyclic) bond motifs is 2. The zero-order valence-electron chi connectivity index (χ0n) is 17.1. The predicted octanol–water partition coefficient (Wildman–Crippen LogP) is 2.85. The molecule has 2 aliphatic rings. The summed E-state index contributed by atoms with van der Waals surface area (Å²) in [5, 5.41) is 8.38. The topological polar surface area (TPSA) is 82.1 Å². The van der Waals surface area contributed by atoms with Gasteiger partial charge in [0.05, 0.1) is 5.69 Å². The molecule has 2 heterocycles. The monoisotopic (exact) mass is 402 g/mol. The van der Waals surface area contributed by atoms with Gasteiger partial charge in [-0.25, -0.2) is 0 Å². The molecule has 1 spiro atoms. The Labute approximate surface area is 169 Å². The largest absolute Gasteiger partial charge is 0.309 e. The molecule has 0 fully saturated rings. The van der Waals surface area contributed by atoms with Gasteiger partial charge in [-0.1, -0.05) is 26.0 Å². The van der Waals surface area contributed by atoms with E-state index >= 15 is 0 Å². The number of thioether (sulfide) groups is 1. The minimum Gasteiger partial charge on any atom is -0.309 e. The number of benzene rings is 1. The maximum absolute atomic E-state index is 13.7. The second kappa shape index (κ2) is 7.24. The summed E-state index contributed by atoms with van der Waals surface area (Å²) in [6.07, 6.45) is 0.846. The Morgan fingerprint density at radius 1 is 1.25 bits per heavy atom. The molecular formula is C20H26N4O3S. The minimum atomic E-state index is -1.31. The van der Waals surface area contributed by atoms with E-state index in [-0.39, 0.29) is 22.9 Å². The number of hydrogen-bond acceptors (Lipinski definition) is 5. The van der Waals surface area contributed by atoms with Gasteiger partial charge in [-0.2, -0.15) is 5.01 Å². The Bertz CT molecular complexity index is 896. The molecule has 0 saturated heterocycles. The first kappa shape index (κ1) is 20.4. The second-order valence-corrected chi connectivity index (χ2v) is 8.89. The fourth-order valence-corrected chi connectivity index (χ4v) is 4.91. The highest BCUT2D eigenvalue weighted by molar-refractivity contribution is 8.15. The summed E-state index contributed by atoms with van der Waals surface area (Å²) in [7, 11) is 0. The molecule has 1 atom stereocenters. The smallest absolute Gasteiger partial charge is 0.270 e. The molecule has 28 heavy (non-hydrogen) atoms. The first-order chi connectivity index (χ1) is 13.1. The van der Waals surface area contributed by atoms with Crippen molar-refractivity contribution in [3.63, 3.8) is 0 Å². The third-order valence-corrected chi connectivity index (χ3v) is 6.36. The molecule has 2 aliphatic heterocycles. The standard InChI is InChI=1S/C20H26N4O3S/c1-11(2)9-10-23-17-13(4)12(3)7-8-16(17)20(18(23)27)24(15(6)26)22-19(28-20)21-14(5)25/h7-8,11H,9-10H2,1-6H3,(H,21,22,25). The van der Waals surface area contributed by atoms with E-state index in [1.807, 2.05) is 26.0 Å². The molecule has 0 aliphatic carbocycles. The van der Waals surface area contributed by atoms with Crippen LogP contribution >= 0.6 is 11.8 Å². The normalized spacial score (nSPS) is 20.8. The molecule has 0 aromatic heterocycles. The van der Waals surface area contributed by atoms with Crippen molar-refractivity contribution < 1.29 is 14.4 Å². The fourth-order valence-electron chi connectivity index (χ4n) is 3.58. The number of aryl methyl sites for hydroxylation is 1. The Kier molecular flexibility index (Phi) is 5.27. The highest BCUT2D eigenvalue weighted by Gasteiger charge is 2.61. The van der Waals surface area contributed by atoms with Crippen molar-refractivity contribution in [1.82, 2.24) is 10.3 Å². The van der Waals surface area contributed by atoms with E-state index in [0.717, 1.165) is 40.6 Å². The number of amidine groups is 1.